The monoisotopic (exact) mass is 465 g/mol. The number of rotatable bonds is 8. The third-order valence-corrected chi connectivity index (χ3v) is 6.26. The first-order valence-corrected chi connectivity index (χ1v) is 12.0. The van der Waals surface area contributed by atoms with Crippen LogP contribution in [0.25, 0.3) is 0 Å². The van der Waals surface area contributed by atoms with Crippen LogP contribution in [0.15, 0.2) is 77.7 Å². The standard InChI is InChI=1S/C25H27N3O4S/c1-17(2)16-26-24(29)20-11-14-23(18(3)15-20)27-25(30)19-9-12-22(13-10-19)33(31,32)28-21-7-5-4-6-8-21/h4-15,17,28H,16H2,1-3H3,(H,26,29)(H,27,30). The number of carbonyl (C=O) groups excluding carboxylic acids is 2. The minimum Gasteiger partial charge on any atom is -0.352 e. The number of hydrogen-bond donors (Lipinski definition) is 3. The molecule has 0 aliphatic heterocycles. The van der Waals surface area contributed by atoms with Gasteiger partial charge in [0, 0.05) is 29.0 Å². The fourth-order valence-corrected chi connectivity index (χ4v) is 4.10. The second kappa shape index (κ2) is 10.3. The van der Waals surface area contributed by atoms with Gasteiger partial charge in [-0.2, -0.15) is 0 Å². The predicted octanol–water partition coefficient (Wildman–Crippen LogP) is 4.43. The Morgan fingerprint density at radius 3 is 2.09 bits per heavy atom. The van der Waals surface area contributed by atoms with Crippen molar-refractivity contribution in [2.24, 2.45) is 5.92 Å². The first kappa shape index (κ1) is 24.0. The molecule has 7 nitrogen and oxygen atoms in total. The van der Waals surface area contributed by atoms with Crippen molar-refractivity contribution in [3.63, 3.8) is 0 Å². The fraction of sp³-hybridized carbons (Fsp3) is 0.200. The Bertz CT molecular complexity index is 1240. The van der Waals surface area contributed by atoms with Gasteiger partial charge >= 0.3 is 0 Å². The largest absolute Gasteiger partial charge is 0.352 e. The lowest BCUT2D eigenvalue weighted by molar-refractivity contribution is 0.0948. The van der Waals surface area contributed by atoms with E-state index in [0.717, 1.165) is 5.56 Å². The van der Waals surface area contributed by atoms with E-state index in [1.54, 1.807) is 55.5 Å². The predicted molar refractivity (Wildman–Crippen MR) is 130 cm³/mol. The van der Waals surface area contributed by atoms with Crippen LogP contribution in [0.5, 0.6) is 0 Å². The molecule has 3 aromatic carbocycles. The summed E-state index contributed by atoms with van der Waals surface area (Å²) in [5.74, 6) is -0.190. The lowest BCUT2D eigenvalue weighted by atomic mass is 10.1. The highest BCUT2D eigenvalue weighted by Gasteiger charge is 2.16. The first-order chi connectivity index (χ1) is 15.7. The molecule has 0 aliphatic rings. The third-order valence-electron chi connectivity index (χ3n) is 4.86. The number of carbonyl (C=O) groups is 2. The Labute approximate surface area is 194 Å². The van der Waals surface area contributed by atoms with Crippen LogP contribution in [0, 0.1) is 12.8 Å². The van der Waals surface area contributed by atoms with E-state index in [0.29, 0.717) is 35.0 Å². The van der Waals surface area contributed by atoms with Crippen LogP contribution in [0.4, 0.5) is 11.4 Å². The maximum Gasteiger partial charge on any atom is 0.261 e. The first-order valence-electron chi connectivity index (χ1n) is 10.5. The van der Waals surface area contributed by atoms with E-state index in [9.17, 15) is 18.0 Å². The fourth-order valence-electron chi connectivity index (χ4n) is 3.04. The number of para-hydroxylation sites is 1. The van der Waals surface area contributed by atoms with Gasteiger partial charge in [-0.25, -0.2) is 8.42 Å². The van der Waals surface area contributed by atoms with Gasteiger partial charge in [-0.05, 0) is 73.0 Å². The summed E-state index contributed by atoms with van der Waals surface area (Å²) >= 11 is 0. The van der Waals surface area contributed by atoms with E-state index in [1.165, 1.54) is 24.3 Å². The minimum absolute atomic E-state index is 0.0517. The molecule has 8 heteroatoms. The summed E-state index contributed by atoms with van der Waals surface area (Å²) < 4.78 is 27.6. The molecule has 0 aliphatic carbocycles. The number of nitrogens with one attached hydrogen (secondary N) is 3. The van der Waals surface area contributed by atoms with Crippen molar-refractivity contribution in [1.82, 2.24) is 5.32 Å². The molecule has 0 saturated carbocycles. The SMILES string of the molecule is Cc1cc(C(=O)NCC(C)C)ccc1NC(=O)c1ccc(S(=O)(=O)Nc2ccccc2)cc1. The Morgan fingerprint density at radius 1 is 0.848 bits per heavy atom. The molecule has 0 saturated heterocycles. The van der Waals surface area contributed by atoms with Gasteiger partial charge in [-0.3, -0.25) is 14.3 Å². The van der Waals surface area contributed by atoms with Gasteiger partial charge in [-0.1, -0.05) is 32.0 Å². The number of benzene rings is 3. The van der Waals surface area contributed by atoms with Gasteiger partial charge in [0.25, 0.3) is 21.8 Å². The molecule has 0 aromatic heterocycles. The Morgan fingerprint density at radius 2 is 1.48 bits per heavy atom. The van der Waals surface area contributed by atoms with E-state index in [1.807, 2.05) is 13.8 Å². The summed E-state index contributed by atoms with van der Waals surface area (Å²) in [7, 11) is -3.76. The van der Waals surface area contributed by atoms with Crippen molar-refractivity contribution >= 4 is 33.2 Å². The lowest BCUT2D eigenvalue weighted by Gasteiger charge is -2.12. The highest BCUT2D eigenvalue weighted by Crippen LogP contribution is 2.20. The third kappa shape index (κ3) is 6.43. The van der Waals surface area contributed by atoms with E-state index in [-0.39, 0.29) is 16.7 Å². The molecular formula is C25H27N3O4S. The number of anilines is 2. The normalized spacial score (nSPS) is 11.2. The maximum absolute atomic E-state index is 12.7. The quantitative estimate of drug-likeness (QED) is 0.458. The summed E-state index contributed by atoms with van der Waals surface area (Å²) in [6.45, 7) is 6.43. The molecule has 0 atom stereocenters. The number of sulfonamides is 1. The van der Waals surface area contributed by atoms with Gasteiger partial charge in [-0.15, -0.1) is 0 Å². The highest BCUT2D eigenvalue weighted by molar-refractivity contribution is 7.92. The molecule has 3 rings (SSSR count). The van der Waals surface area contributed by atoms with Crippen molar-refractivity contribution < 1.29 is 18.0 Å². The summed E-state index contributed by atoms with van der Waals surface area (Å²) in [5, 5.41) is 5.67. The van der Waals surface area contributed by atoms with Crippen LogP contribution < -0.4 is 15.4 Å². The van der Waals surface area contributed by atoms with E-state index < -0.39 is 10.0 Å². The highest BCUT2D eigenvalue weighted by atomic mass is 32.2. The topological polar surface area (TPSA) is 104 Å². The Kier molecular flexibility index (Phi) is 7.50. The molecule has 3 N–H and O–H groups in total. The smallest absolute Gasteiger partial charge is 0.261 e. The minimum atomic E-state index is -3.76. The molecule has 3 aromatic rings. The molecule has 33 heavy (non-hydrogen) atoms. The zero-order chi connectivity index (χ0) is 24.0. The van der Waals surface area contributed by atoms with E-state index >= 15 is 0 Å². The average Bonchev–Trinajstić information content (AvgIpc) is 2.79. The van der Waals surface area contributed by atoms with Gasteiger partial charge in [0.15, 0.2) is 0 Å². The molecule has 0 spiro atoms. The average molecular weight is 466 g/mol. The molecule has 0 radical (unpaired) electrons. The molecule has 2 amide bonds. The molecule has 0 fully saturated rings. The number of amides is 2. The van der Waals surface area contributed by atoms with Crippen LogP contribution in [-0.4, -0.2) is 26.8 Å². The number of aryl methyl sites for hydroxylation is 1. The van der Waals surface area contributed by atoms with Crippen LogP contribution >= 0.6 is 0 Å². The zero-order valence-corrected chi connectivity index (χ0v) is 19.6. The van der Waals surface area contributed by atoms with Gasteiger partial charge < -0.3 is 10.6 Å². The second-order valence-electron chi connectivity index (χ2n) is 8.08. The molecule has 0 unspecified atom stereocenters. The van der Waals surface area contributed by atoms with Crippen molar-refractivity contribution in [1.29, 1.82) is 0 Å². The molecular weight excluding hydrogens is 438 g/mol. The Hall–Kier alpha value is -3.65. The maximum atomic E-state index is 12.7. The van der Waals surface area contributed by atoms with Crippen molar-refractivity contribution in [2.75, 3.05) is 16.6 Å². The summed E-state index contributed by atoms with van der Waals surface area (Å²) in [6.07, 6.45) is 0. The summed E-state index contributed by atoms with van der Waals surface area (Å²) in [5.41, 5.74) is 2.60. The lowest BCUT2D eigenvalue weighted by Crippen LogP contribution is -2.27. The van der Waals surface area contributed by atoms with Crippen molar-refractivity contribution in [2.45, 2.75) is 25.7 Å². The van der Waals surface area contributed by atoms with Gasteiger partial charge in [0.05, 0.1) is 4.90 Å². The van der Waals surface area contributed by atoms with Crippen molar-refractivity contribution in [3.8, 4) is 0 Å². The van der Waals surface area contributed by atoms with Gasteiger partial charge in [0.1, 0.15) is 0 Å². The van der Waals surface area contributed by atoms with Crippen LogP contribution in [0.1, 0.15) is 40.1 Å². The zero-order valence-electron chi connectivity index (χ0n) is 18.8. The molecule has 0 bridgehead atoms. The Balaban J connectivity index is 1.68. The summed E-state index contributed by atoms with van der Waals surface area (Å²) in [4.78, 5) is 24.9. The summed E-state index contributed by atoms with van der Waals surface area (Å²) in [6, 6.07) is 19.3. The van der Waals surface area contributed by atoms with Crippen LogP contribution in [0.3, 0.4) is 0 Å². The van der Waals surface area contributed by atoms with Crippen LogP contribution in [-0.2, 0) is 10.0 Å². The molecule has 172 valence electrons. The van der Waals surface area contributed by atoms with E-state index in [4.69, 9.17) is 0 Å². The van der Waals surface area contributed by atoms with Gasteiger partial charge in [0.2, 0.25) is 0 Å². The number of hydrogen-bond acceptors (Lipinski definition) is 4. The van der Waals surface area contributed by atoms with E-state index in [2.05, 4.69) is 15.4 Å². The molecule has 0 heterocycles. The van der Waals surface area contributed by atoms with Crippen LogP contribution in [0.2, 0.25) is 0 Å². The second-order valence-corrected chi connectivity index (χ2v) is 9.77. The van der Waals surface area contributed by atoms with Crippen molar-refractivity contribution in [3.05, 3.63) is 89.5 Å².